The predicted octanol–water partition coefficient (Wildman–Crippen LogP) is 12.5. The third-order valence-electron chi connectivity index (χ3n) is 9.34. The summed E-state index contributed by atoms with van der Waals surface area (Å²) in [5, 5.41) is 4.78. The van der Waals surface area contributed by atoms with Crippen LogP contribution < -0.4 is 0 Å². The predicted molar refractivity (Wildman–Crippen MR) is 207 cm³/mol. The molecule has 3 heterocycles. The SMILES string of the molecule is c1ccc(-c2nc(-c3ccccc3)nc(-c3cccc(-c4ccc5oc6ccccc6c5c4-c4ccc5c(c4)sc4ccccc45)c3)n2)cc1. The van der Waals surface area contributed by atoms with E-state index in [1.54, 1.807) is 0 Å². The van der Waals surface area contributed by atoms with Crippen LogP contribution in [0.15, 0.2) is 168 Å². The number of aromatic nitrogens is 3. The maximum absolute atomic E-state index is 6.42. The van der Waals surface area contributed by atoms with Gasteiger partial charge in [0, 0.05) is 53.2 Å². The fraction of sp³-hybridized carbons (Fsp3) is 0. The second kappa shape index (κ2) is 11.6. The number of hydrogen-bond donors (Lipinski definition) is 0. The molecule has 0 aliphatic carbocycles. The standard InChI is InChI=1S/C45H27N3OS/c1-3-12-28(13-4-1)43-46-44(29-14-5-2-6-15-29)48-45(47-43)32-17-11-16-30(26-32)33-24-25-38-42(36-19-7-9-20-37(36)49-38)41(33)31-22-23-35-34-18-8-10-21-39(34)50-40(35)27-31/h1-27H. The molecule has 0 radical (unpaired) electrons. The summed E-state index contributed by atoms with van der Waals surface area (Å²) in [5.74, 6) is 1.91. The Kier molecular flexibility index (Phi) is 6.64. The average Bonchev–Trinajstić information content (AvgIpc) is 3.76. The van der Waals surface area contributed by atoms with Gasteiger partial charge >= 0.3 is 0 Å². The second-order valence-corrected chi connectivity index (χ2v) is 13.5. The Morgan fingerprint density at radius 3 is 1.74 bits per heavy atom. The molecule has 234 valence electrons. The fourth-order valence-electron chi connectivity index (χ4n) is 7.00. The Balaban J connectivity index is 1.19. The van der Waals surface area contributed by atoms with Crippen molar-refractivity contribution in [1.29, 1.82) is 0 Å². The van der Waals surface area contributed by atoms with E-state index in [4.69, 9.17) is 19.4 Å². The van der Waals surface area contributed by atoms with Crippen molar-refractivity contribution in [3.05, 3.63) is 164 Å². The van der Waals surface area contributed by atoms with Gasteiger partial charge in [-0.2, -0.15) is 0 Å². The van der Waals surface area contributed by atoms with Crippen molar-refractivity contribution < 1.29 is 4.42 Å². The molecular formula is C45H27N3OS. The Morgan fingerprint density at radius 2 is 0.980 bits per heavy atom. The molecule has 0 unspecified atom stereocenters. The molecular weight excluding hydrogens is 631 g/mol. The summed E-state index contributed by atoms with van der Waals surface area (Å²) in [4.78, 5) is 14.9. The van der Waals surface area contributed by atoms with Crippen molar-refractivity contribution in [3.63, 3.8) is 0 Å². The van der Waals surface area contributed by atoms with Gasteiger partial charge in [-0.25, -0.2) is 15.0 Å². The summed E-state index contributed by atoms with van der Waals surface area (Å²) in [5.41, 5.74) is 9.05. The van der Waals surface area contributed by atoms with E-state index in [9.17, 15) is 0 Å². The molecule has 0 atom stereocenters. The highest BCUT2D eigenvalue weighted by molar-refractivity contribution is 7.25. The fourth-order valence-corrected chi connectivity index (χ4v) is 8.15. The van der Waals surface area contributed by atoms with Gasteiger partial charge in [0.15, 0.2) is 17.5 Å². The number of hydrogen-bond acceptors (Lipinski definition) is 5. The molecule has 0 amide bonds. The number of thiophene rings is 1. The summed E-state index contributed by atoms with van der Waals surface area (Å²) in [6, 6.07) is 56.8. The Morgan fingerprint density at radius 1 is 0.380 bits per heavy atom. The quantitative estimate of drug-likeness (QED) is 0.185. The second-order valence-electron chi connectivity index (χ2n) is 12.4. The molecule has 3 aromatic heterocycles. The molecule has 0 N–H and O–H groups in total. The highest BCUT2D eigenvalue weighted by atomic mass is 32.1. The lowest BCUT2D eigenvalue weighted by atomic mass is 9.89. The number of para-hydroxylation sites is 1. The number of fused-ring (bicyclic) bond motifs is 6. The van der Waals surface area contributed by atoms with Crippen molar-refractivity contribution in [2.24, 2.45) is 0 Å². The van der Waals surface area contributed by atoms with Gasteiger partial charge in [-0.1, -0.05) is 133 Å². The molecule has 0 saturated carbocycles. The lowest BCUT2D eigenvalue weighted by molar-refractivity contribution is 0.669. The average molecular weight is 658 g/mol. The summed E-state index contributed by atoms with van der Waals surface area (Å²) in [7, 11) is 0. The molecule has 0 spiro atoms. The van der Waals surface area contributed by atoms with E-state index >= 15 is 0 Å². The molecule has 0 bridgehead atoms. The first-order valence-corrected chi connectivity index (χ1v) is 17.4. The Bertz CT molecular complexity index is 2820. The van der Waals surface area contributed by atoms with Crippen LogP contribution in [0.25, 0.3) is 98.5 Å². The van der Waals surface area contributed by atoms with Gasteiger partial charge in [0.25, 0.3) is 0 Å². The normalized spacial score (nSPS) is 11.6. The third kappa shape index (κ3) is 4.79. The number of rotatable bonds is 5. The molecule has 7 aromatic carbocycles. The van der Waals surface area contributed by atoms with E-state index in [1.807, 2.05) is 84.1 Å². The zero-order valence-electron chi connectivity index (χ0n) is 26.7. The molecule has 5 heteroatoms. The summed E-state index contributed by atoms with van der Waals surface area (Å²) < 4.78 is 8.98. The van der Waals surface area contributed by atoms with Gasteiger partial charge in [-0.05, 0) is 47.0 Å². The molecule has 0 fully saturated rings. The zero-order valence-corrected chi connectivity index (χ0v) is 27.6. The van der Waals surface area contributed by atoms with E-state index in [-0.39, 0.29) is 0 Å². The third-order valence-corrected chi connectivity index (χ3v) is 10.5. The van der Waals surface area contributed by atoms with Crippen LogP contribution in [0, 0.1) is 0 Å². The van der Waals surface area contributed by atoms with Crippen LogP contribution in [0.2, 0.25) is 0 Å². The van der Waals surface area contributed by atoms with Gasteiger partial charge in [0.1, 0.15) is 11.2 Å². The maximum atomic E-state index is 6.42. The van der Waals surface area contributed by atoms with Crippen LogP contribution in [-0.2, 0) is 0 Å². The lowest BCUT2D eigenvalue weighted by Crippen LogP contribution is -2.00. The van der Waals surface area contributed by atoms with Crippen LogP contribution in [0.4, 0.5) is 0 Å². The summed E-state index contributed by atoms with van der Waals surface area (Å²) in [6.45, 7) is 0. The largest absolute Gasteiger partial charge is 0.456 e. The van der Waals surface area contributed by atoms with Crippen molar-refractivity contribution in [2.75, 3.05) is 0 Å². The highest BCUT2D eigenvalue weighted by Gasteiger charge is 2.20. The summed E-state index contributed by atoms with van der Waals surface area (Å²) >= 11 is 1.84. The number of nitrogens with zero attached hydrogens (tertiary/aromatic N) is 3. The van der Waals surface area contributed by atoms with E-state index in [1.165, 1.54) is 20.2 Å². The van der Waals surface area contributed by atoms with E-state index < -0.39 is 0 Å². The maximum Gasteiger partial charge on any atom is 0.164 e. The van der Waals surface area contributed by atoms with E-state index in [0.717, 1.165) is 60.9 Å². The minimum atomic E-state index is 0.627. The Hall–Kier alpha value is -6.43. The molecule has 10 rings (SSSR count). The minimum Gasteiger partial charge on any atom is -0.456 e. The van der Waals surface area contributed by atoms with Gasteiger partial charge in [-0.15, -0.1) is 11.3 Å². The molecule has 0 aliphatic heterocycles. The molecule has 0 aliphatic rings. The van der Waals surface area contributed by atoms with Gasteiger partial charge in [0.2, 0.25) is 0 Å². The van der Waals surface area contributed by atoms with E-state index in [2.05, 4.69) is 91.0 Å². The lowest BCUT2D eigenvalue weighted by Gasteiger charge is -2.14. The van der Waals surface area contributed by atoms with Crippen molar-refractivity contribution in [1.82, 2.24) is 15.0 Å². The highest BCUT2D eigenvalue weighted by Crippen LogP contribution is 2.45. The van der Waals surface area contributed by atoms with E-state index in [0.29, 0.717) is 17.5 Å². The molecule has 0 saturated heterocycles. The van der Waals surface area contributed by atoms with Crippen LogP contribution in [0.3, 0.4) is 0 Å². The van der Waals surface area contributed by atoms with Crippen molar-refractivity contribution in [3.8, 4) is 56.4 Å². The number of furan rings is 1. The smallest absolute Gasteiger partial charge is 0.164 e. The molecule has 10 aromatic rings. The van der Waals surface area contributed by atoms with Gasteiger partial charge in [-0.3, -0.25) is 0 Å². The zero-order chi connectivity index (χ0) is 33.0. The van der Waals surface area contributed by atoms with Crippen LogP contribution in [0.5, 0.6) is 0 Å². The van der Waals surface area contributed by atoms with Crippen molar-refractivity contribution >= 4 is 53.4 Å². The van der Waals surface area contributed by atoms with Crippen LogP contribution in [-0.4, -0.2) is 15.0 Å². The number of benzene rings is 7. The van der Waals surface area contributed by atoms with Gasteiger partial charge < -0.3 is 4.42 Å². The van der Waals surface area contributed by atoms with Crippen LogP contribution >= 0.6 is 11.3 Å². The van der Waals surface area contributed by atoms with Gasteiger partial charge in [0.05, 0.1) is 0 Å². The van der Waals surface area contributed by atoms with Crippen molar-refractivity contribution in [2.45, 2.75) is 0 Å². The summed E-state index contributed by atoms with van der Waals surface area (Å²) in [6.07, 6.45) is 0. The monoisotopic (exact) mass is 657 g/mol. The van der Waals surface area contributed by atoms with Crippen LogP contribution in [0.1, 0.15) is 0 Å². The first-order chi connectivity index (χ1) is 24.8. The first kappa shape index (κ1) is 28.6. The first-order valence-electron chi connectivity index (χ1n) is 16.6. The Labute approximate surface area is 292 Å². The molecule has 4 nitrogen and oxygen atoms in total. The topological polar surface area (TPSA) is 51.8 Å². The molecule has 50 heavy (non-hydrogen) atoms. The minimum absolute atomic E-state index is 0.627.